The number of nitrogens with zero attached hydrogens (tertiary/aromatic N) is 3. The van der Waals surface area contributed by atoms with Crippen molar-refractivity contribution in [2.24, 2.45) is 0 Å². The van der Waals surface area contributed by atoms with Crippen molar-refractivity contribution in [2.75, 3.05) is 34.2 Å². The van der Waals surface area contributed by atoms with Crippen LogP contribution < -0.4 is 4.72 Å². The van der Waals surface area contributed by atoms with Gasteiger partial charge in [-0.15, -0.1) is 0 Å². The summed E-state index contributed by atoms with van der Waals surface area (Å²) in [5, 5.41) is 7.51. The molecule has 0 bridgehead atoms. The van der Waals surface area contributed by atoms with E-state index in [0.29, 0.717) is 22.6 Å². The molecule has 2 aromatic rings. The topological polar surface area (TPSA) is 85.1 Å². The molecule has 1 N–H and O–H groups in total. The first-order valence-corrected chi connectivity index (χ1v) is 7.78. The summed E-state index contributed by atoms with van der Waals surface area (Å²) < 4.78 is 32.3. The first-order chi connectivity index (χ1) is 9.21. The van der Waals surface area contributed by atoms with Gasteiger partial charge in [0.25, 0.3) is 0 Å². The van der Waals surface area contributed by atoms with Crippen LogP contribution in [0.5, 0.6) is 0 Å². The highest BCUT2D eigenvalue weighted by Crippen LogP contribution is 2.26. The zero-order valence-electron chi connectivity index (χ0n) is 11.4. The van der Waals surface area contributed by atoms with E-state index in [1.807, 2.05) is 21.1 Å². The maximum Gasteiger partial charge on any atom is 0.243 e. The number of hydrogen-bond acceptors (Lipinski definition) is 5. The van der Waals surface area contributed by atoms with E-state index < -0.39 is 10.0 Å². The predicted molar refractivity (Wildman–Crippen MR) is 74.9 cm³/mol. The summed E-state index contributed by atoms with van der Waals surface area (Å²) in [5.41, 5.74) is 0.372. The van der Waals surface area contributed by atoms with Gasteiger partial charge in [0.1, 0.15) is 4.90 Å². The van der Waals surface area contributed by atoms with Crippen molar-refractivity contribution in [1.82, 2.24) is 15.0 Å². The van der Waals surface area contributed by atoms with Crippen LogP contribution in [0.1, 0.15) is 0 Å². The number of nitrogens with one attached hydrogen (secondary N) is 1. The quantitative estimate of drug-likeness (QED) is 0.826. The minimum absolute atomic E-state index is 0.0135. The van der Waals surface area contributed by atoms with E-state index in [2.05, 4.69) is 19.7 Å². The minimum atomic E-state index is -3.68. The third kappa shape index (κ3) is 3.26. The molecule has 7 nitrogen and oxygen atoms in total. The Balaban J connectivity index is 2.28. The van der Waals surface area contributed by atoms with Crippen LogP contribution in [-0.4, -0.2) is 57.4 Å². The maximum atomic E-state index is 12.3. The van der Waals surface area contributed by atoms with E-state index in [1.165, 1.54) is 12.1 Å². The van der Waals surface area contributed by atoms with Crippen LogP contribution in [0.2, 0.25) is 5.02 Å². The summed E-state index contributed by atoms with van der Waals surface area (Å²) in [5.74, 6) is 0. The second kappa shape index (κ2) is 5.28. The summed E-state index contributed by atoms with van der Waals surface area (Å²) in [7, 11) is 2.27. The van der Waals surface area contributed by atoms with Crippen LogP contribution in [0.25, 0.3) is 11.0 Å². The van der Waals surface area contributed by atoms with E-state index in [9.17, 15) is 8.42 Å². The Morgan fingerprint density at radius 3 is 2.55 bits per heavy atom. The first kappa shape index (κ1) is 15.2. The van der Waals surface area contributed by atoms with Crippen LogP contribution in [0.4, 0.5) is 0 Å². The molecule has 1 aromatic carbocycles. The lowest BCUT2D eigenvalue weighted by Crippen LogP contribution is -2.41. The van der Waals surface area contributed by atoms with Gasteiger partial charge in [0, 0.05) is 0 Å². The summed E-state index contributed by atoms with van der Waals surface area (Å²) >= 11 is 5.90. The molecule has 2 rings (SSSR count). The molecule has 110 valence electrons. The van der Waals surface area contributed by atoms with Crippen molar-refractivity contribution >= 4 is 32.7 Å². The molecule has 0 spiro atoms. The lowest BCUT2D eigenvalue weighted by Gasteiger charge is -2.23. The SMILES string of the molecule is C[N+](C)(C)CCNS(=O)(=O)c1ccc(Cl)c2nonc12. The molecule has 0 aliphatic heterocycles. The molecule has 0 saturated heterocycles. The maximum absolute atomic E-state index is 12.3. The lowest BCUT2D eigenvalue weighted by atomic mass is 10.3. The monoisotopic (exact) mass is 319 g/mol. The van der Waals surface area contributed by atoms with Gasteiger partial charge in [0.05, 0.1) is 39.3 Å². The predicted octanol–water partition coefficient (Wildman–Crippen LogP) is 0.861. The Kier molecular flexibility index (Phi) is 4.01. The number of likely N-dealkylation sites (N-methyl/N-ethyl adjacent to an activating group) is 1. The molecule has 0 aliphatic rings. The number of quaternary nitrogens is 1. The molecule has 0 amide bonds. The molecular weight excluding hydrogens is 304 g/mol. The number of fused-ring (bicyclic) bond motifs is 1. The van der Waals surface area contributed by atoms with Crippen molar-refractivity contribution in [3.8, 4) is 0 Å². The number of aromatic nitrogens is 2. The highest BCUT2D eigenvalue weighted by Gasteiger charge is 2.22. The summed E-state index contributed by atoms with van der Waals surface area (Å²) in [4.78, 5) is 0.0135. The van der Waals surface area contributed by atoms with Crippen LogP contribution in [0.3, 0.4) is 0 Å². The zero-order chi connectivity index (χ0) is 15.0. The normalized spacial score (nSPS) is 13.0. The van der Waals surface area contributed by atoms with Gasteiger partial charge in [-0.05, 0) is 22.4 Å². The molecule has 1 heterocycles. The minimum Gasteiger partial charge on any atom is -0.330 e. The zero-order valence-corrected chi connectivity index (χ0v) is 13.0. The highest BCUT2D eigenvalue weighted by molar-refractivity contribution is 7.89. The molecule has 0 aliphatic carbocycles. The second-order valence-corrected chi connectivity index (χ2v) is 7.56. The van der Waals surface area contributed by atoms with Gasteiger partial charge in [0.2, 0.25) is 10.0 Å². The van der Waals surface area contributed by atoms with Gasteiger partial charge in [-0.2, -0.15) is 0 Å². The Labute approximate surface area is 122 Å². The van der Waals surface area contributed by atoms with Crippen LogP contribution >= 0.6 is 11.6 Å². The fraction of sp³-hybridized carbons (Fsp3) is 0.455. The number of benzene rings is 1. The third-order valence-electron chi connectivity index (χ3n) is 2.69. The standard InChI is InChI=1S/C11H16ClN4O3S/c1-16(2,3)7-6-13-20(17,18)9-5-4-8(12)10-11(9)15-19-14-10/h4-5,13H,6-7H2,1-3H3/q+1. The van der Waals surface area contributed by atoms with Gasteiger partial charge >= 0.3 is 0 Å². The smallest absolute Gasteiger partial charge is 0.243 e. The second-order valence-electron chi connectivity index (χ2n) is 5.42. The molecule has 0 saturated carbocycles. The average Bonchev–Trinajstić information content (AvgIpc) is 2.76. The Bertz CT molecular complexity index is 721. The van der Waals surface area contributed by atoms with E-state index in [1.54, 1.807) is 0 Å². The van der Waals surface area contributed by atoms with Crippen molar-refractivity contribution in [3.05, 3.63) is 17.2 Å². The van der Waals surface area contributed by atoms with E-state index in [0.717, 1.165) is 0 Å². The number of hydrogen-bond donors (Lipinski definition) is 1. The Morgan fingerprint density at radius 1 is 1.25 bits per heavy atom. The van der Waals surface area contributed by atoms with Gasteiger partial charge in [-0.25, -0.2) is 17.8 Å². The van der Waals surface area contributed by atoms with Gasteiger partial charge in [0.15, 0.2) is 11.0 Å². The fourth-order valence-corrected chi connectivity index (χ4v) is 2.96. The molecule has 1 aromatic heterocycles. The fourth-order valence-electron chi connectivity index (χ4n) is 1.62. The van der Waals surface area contributed by atoms with Gasteiger partial charge in [-0.1, -0.05) is 11.6 Å². The largest absolute Gasteiger partial charge is 0.330 e. The summed E-state index contributed by atoms with van der Waals surface area (Å²) in [6.45, 7) is 0.980. The van der Waals surface area contributed by atoms with Crippen molar-refractivity contribution < 1.29 is 17.5 Å². The van der Waals surface area contributed by atoms with Crippen LogP contribution in [-0.2, 0) is 10.0 Å². The van der Waals surface area contributed by atoms with Crippen LogP contribution in [0.15, 0.2) is 21.7 Å². The van der Waals surface area contributed by atoms with Crippen molar-refractivity contribution in [1.29, 1.82) is 0 Å². The Hall–Kier alpha value is -1.22. The Morgan fingerprint density at radius 2 is 1.90 bits per heavy atom. The van der Waals surface area contributed by atoms with Crippen molar-refractivity contribution in [2.45, 2.75) is 4.90 Å². The van der Waals surface area contributed by atoms with E-state index in [-0.39, 0.29) is 15.9 Å². The van der Waals surface area contributed by atoms with E-state index in [4.69, 9.17) is 11.6 Å². The molecule has 0 radical (unpaired) electrons. The van der Waals surface area contributed by atoms with E-state index >= 15 is 0 Å². The number of sulfonamides is 1. The molecule has 20 heavy (non-hydrogen) atoms. The molecule has 0 atom stereocenters. The third-order valence-corrected chi connectivity index (χ3v) is 4.49. The number of rotatable bonds is 5. The molecule has 0 fully saturated rings. The highest BCUT2D eigenvalue weighted by atomic mass is 35.5. The lowest BCUT2D eigenvalue weighted by molar-refractivity contribution is -0.869. The molecular formula is C11H16ClN4O3S+. The van der Waals surface area contributed by atoms with Gasteiger partial charge < -0.3 is 4.48 Å². The molecule has 0 unspecified atom stereocenters. The van der Waals surface area contributed by atoms with Crippen molar-refractivity contribution in [3.63, 3.8) is 0 Å². The average molecular weight is 320 g/mol. The van der Waals surface area contributed by atoms with Gasteiger partial charge in [-0.3, -0.25) is 0 Å². The summed E-state index contributed by atoms with van der Waals surface area (Å²) in [6, 6.07) is 2.85. The number of halogens is 1. The first-order valence-electron chi connectivity index (χ1n) is 5.92. The molecule has 9 heteroatoms. The summed E-state index contributed by atoms with van der Waals surface area (Å²) in [6.07, 6.45) is 0. The van der Waals surface area contributed by atoms with Crippen LogP contribution in [0, 0.1) is 0 Å².